The average Bonchev–Trinajstić information content (AvgIpc) is 3.22. The summed E-state index contributed by atoms with van der Waals surface area (Å²) in [4.78, 5) is 16.9. The summed E-state index contributed by atoms with van der Waals surface area (Å²) in [5, 5.41) is 13.8. The Morgan fingerprint density at radius 2 is 1.83 bits per heavy atom. The van der Waals surface area contributed by atoms with E-state index in [0.29, 0.717) is 5.56 Å². The van der Waals surface area contributed by atoms with Crippen LogP contribution in [0.1, 0.15) is 40.0 Å². The van der Waals surface area contributed by atoms with Crippen LogP contribution in [0.5, 0.6) is 0 Å². The van der Waals surface area contributed by atoms with Gasteiger partial charge in [-0.3, -0.25) is 4.79 Å². The van der Waals surface area contributed by atoms with Crippen LogP contribution in [0.25, 0.3) is 10.9 Å². The van der Waals surface area contributed by atoms with Crippen molar-refractivity contribution in [1.29, 1.82) is 0 Å². The molecule has 1 aromatic heterocycles. The van der Waals surface area contributed by atoms with Gasteiger partial charge in [-0.2, -0.15) is 0 Å². The molecule has 0 amide bonds. The number of aromatic nitrogens is 1. The Balaban J connectivity index is 1.76. The van der Waals surface area contributed by atoms with Crippen molar-refractivity contribution < 1.29 is 9.90 Å². The van der Waals surface area contributed by atoms with Crippen LogP contribution in [0.15, 0.2) is 79.0 Å². The monoisotopic (exact) mass is 384 g/mol. The molecule has 3 aromatic carbocycles. The van der Waals surface area contributed by atoms with Gasteiger partial charge >= 0.3 is 0 Å². The van der Waals surface area contributed by atoms with E-state index in [-0.39, 0.29) is 12.4 Å². The van der Waals surface area contributed by atoms with Crippen LogP contribution in [-0.2, 0) is 13.0 Å². The molecule has 0 saturated heterocycles. The number of para-hydroxylation sites is 1. The minimum Gasteiger partial charge on any atom is -0.392 e. The average molecular weight is 384 g/mol. The molecule has 0 aliphatic heterocycles. The molecule has 0 fully saturated rings. The third-order valence-corrected chi connectivity index (χ3v) is 5.26. The molecule has 0 spiro atoms. The molecule has 146 valence electrons. The van der Waals surface area contributed by atoms with Gasteiger partial charge in [-0.15, -0.1) is 0 Å². The van der Waals surface area contributed by atoms with Gasteiger partial charge in [0.15, 0.2) is 5.78 Å². The van der Waals surface area contributed by atoms with Gasteiger partial charge < -0.3 is 15.4 Å². The lowest BCUT2D eigenvalue weighted by Crippen LogP contribution is -2.21. The van der Waals surface area contributed by atoms with Crippen LogP contribution in [0.2, 0.25) is 0 Å². The zero-order valence-electron chi connectivity index (χ0n) is 16.4. The fourth-order valence-electron chi connectivity index (χ4n) is 3.74. The van der Waals surface area contributed by atoms with Crippen LogP contribution >= 0.6 is 0 Å². The van der Waals surface area contributed by atoms with Gasteiger partial charge in [0.05, 0.1) is 6.61 Å². The lowest BCUT2D eigenvalue weighted by molar-refractivity contribution is 0.0971. The third kappa shape index (κ3) is 3.80. The van der Waals surface area contributed by atoms with E-state index in [2.05, 4.69) is 23.3 Å². The fourth-order valence-corrected chi connectivity index (χ4v) is 3.74. The zero-order chi connectivity index (χ0) is 20.2. The molecule has 1 atom stereocenters. The number of H-pyrrole nitrogens is 1. The van der Waals surface area contributed by atoms with Gasteiger partial charge in [-0.1, -0.05) is 67.6 Å². The second kappa shape index (κ2) is 8.33. The normalized spacial score (nSPS) is 12.1. The molecule has 1 heterocycles. The molecular formula is C25H24N2O2. The van der Waals surface area contributed by atoms with Gasteiger partial charge in [0.1, 0.15) is 6.04 Å². The highest BCUT2D eigenvalue weighted by molar-refractivity contribution is 6.12. The molecule has 0 aliphatic rings. The highest BCUT2D eigenvalue weighted by atomic mass is 16.3. The van der Waals surface area contributed by atoms with E-state index >= 15 is 0 Å². The highest BCUT2D eigenvalue weighted by Gasteiger charge is 2.25. The van der Waals surface area contributed by atoms with Crippen LogP contribution in [-0.4, -0.2) is 15.9 Å². The second-order valence-electron chi connectivity index (χ2n) is 7.11. The first-order valence-corrected chi connectivity index (χ1v) is 9.85. The Morgan fingerprint density at radius 1 is 1.03 bits per heavy atom. The first-order valence-electron chi connectivity index (χ1n) is 9.85. The van der Waals surface area contributed by atoms with Crippen LogP contribution in [0.4, 0.5) is 5.69 Å². The van der Waals surface area contributed by atoms with Crippen molar-refractivity contribution in [2.75, 3.05) is 5.32 Å². The number of Topliss-reactive ketones (excluding diaryl/α,β-unsaturated/α-hetero) is 1. The smallest absolute Gasteiger partial charge is 0.191 e. The summed E-state index contributed by atoms with van der Waals surface area (Å²) in [7, 11) is 0. The van der Waals surface area contributed by atoms with Crippen molar-refractivity contribution in [3.63, 3.8) is 0 Å². The van der Waals surface area contributed by atoms with Crippen molar-refractivity contribution in [3.8, 4) is 0 Å². The second-order valence-corrected chi connectivity index (χ2v) is 7.11. The summed E-state index contributed by atoms with van der Waals surface area (Å²) in [6, 6.07) is 22.8. The van der Waals surface area contributed by atoms with Crippen LogP contribution < -0.4 is 5.32 Å². The van der Waals surface area contributed by atoms with E-state index in [1.807, 2.05) is 72.9 Å². The van der Waals surface area contributed by atoms with Gasteiger partial charge in [0.2, 0.25) is 0 Å². The molecule has 4 rings (SSSR count). The Kier molecular flexibility index (Phi) is 5.45. The van der Waals surface area contributed by atoms with Gasteiger partial charge in [-0.05, 0) is 35.2 Å². The molecular weight excluding hydrogens is 360 g/mol. The van der Waals surface area contributed by atoms with Crippen molar-refractivity contribution in [1.82, 2.24) is 4.98 Å². The summed E-state index contributed by atoms with van der Waals surface area (Å²) in [6.07, 6.45) is 2.72. The zero-order valence-corrected chi connectivity index (χ0v) is 16.4. The van der Waals surface area contributed by atoms with Gasteiger partial charge in [0.25, 0.3) is 0 Å². The third-order valence-electron chi connectivity index (χ3n) is 5.26. The summed E-state index contributed by atoms with van der Waals surface area (Å²) in [6.45, 7) is 2.07. The van der Waals surface area contributed by atoms with E-state index in [1.165, 1.54) is 5.56 Å². The number of anilines is 1. The Bertz CT molecular complexity index is 1130. The highest BCUT2D eigenvalue weighted by Crippen LogP contribution is 2.29. The number of fused-ring (bicyclic) bond motifs is 1. The lowest BCUT2D eigenvalue weighted by atomic mass is 9.96. The maximum Gasteiger partial charge on any atom is 0.191 e. The molecule has 4 aromatic rings. The summed E-state index contributed by atoms with van der Waals surface area (Å²) in [5.41, 5.74) is 5.39. The lowest BCUT2D eigenvalue weighted by Gasteiger charge is -2.20. The Morgan fingerprint density at radius 3 is 2.59 bits per heavy atom. The largest absolute Gasteiger partial charge is 0.392 e. The van der Waals surface area contributed by atoms with Crippen molar-refractivity contribution in [2.45, 2.75) is 26.0 Å². The number of nitrogens with one attached hydrogen (secondary N) is 2. The van der Waals surface area contributed by atoms with Gasteiger partial charge in [-0.25, -0.2) is 0 Å². The van der Waals surface area contributed by atoms with E-state index in [9.17, 15) is 9.90 Å². The first kappa shape index (κ1) is 19.0. The number of ketones is 1. The SMILES string of the molecule is CCc1cccc2c(C(=O)[C@@H](Nc3cccc(CO)c3)c3ccccc3)c[nH]c12. The minimum absolute atomic E-state index is 0.00473. The maximum atomic E-state index is 13.6. The minimum atomic E-state index is -0.533. The molecule has 4 nitrogen and oxygen atoms in total. The molecule has 29 heavy (non-hydrogen) atoms. The molecule has 0 saturated carbocycles. The number of carbonyl (C=O) groups excluding carboxylic acids is 1. The standard InChI is InChI=1S/C25H24N2O2/c1-2-18-11-7-13-21-22(15-26-23(18)21)25(29)24(19-9-4-3-5-10-19)27-20-12-6-8-17(14-20)16-28/h3-15,24,26-28H,2,16H2,1H3/t24-/m0/s1. The number of rotatable bonds is 7. The number of aliphatic hydroxyl groups excluding tert-OH is 1. The summed E-state index contributed by atoms with van der Waals surface area (Å²) in [5.74, 6) is 0.00473. The molecule has 4 heteroatoms. The van der Waals surface area contributed by atoms with Crippen molar-refractivity contribution >= 4 is 22.4 Å². The predicted molar refractivity (Wildman–Crippen MR) is 117 cm³/mol. The maximum absolute atomic E-state index is 13.6. The van der Waals surface area contributed by atoms with Crippen molar-refractivity contribution in [2.24, 2.45) is 0 Å². The van der Waals surface area contributed by atoms with Crippen molar-refractivity contribution in [3.05, 3.63) is 101 Å². The van der Waals surface area contributed by atoms with Crippen LogP contribution in [0.3, 0.4) is 0 Å². The quantitative estimate of drug-likeness (QED) is 0.381. The van der Waals surface area contributed by atoms with E-state index in [0.717, 1.165) is 34.1 Å². The number of aryl methyl sites for hydroxylation is 1. The number of aromatic amines is 1. The molecule has 0 unspecified atom stereocenters. The van der Waals surface area contributed by atoms with Crippen LogP contribution in [0, 0.1) is 0 Å². The topological polar surface area (TPSA) is 65.1 Å². The Hall–Kier alpha value is -3.37. The first-order chi connectivity index (χ1) is 14.2. The molecule has 0 bridgehead atoms. The van der Waals surface area contributed by atoms with E-state index < -0.39 is 6.04 Å². The molecule has 0 radical (unpaired) electrons. The van der Waals surface area contributed by atoms with E-state index in [4.69, 9.17) is 0 Å². The summed E-state index contributed by atoms with van der Waals surface area (Å²) < 4.78 is 0. The molecule has 0 aliphatic carbocycles. The Labute approximate surface area is 170 Å². The fraction of sp³-hybridized carbons (Fsp3) is 0.160. The summed E-state index contributed by atoms with van der Waals surface area (Å²) >= 11 is 0. The van der Waals surface area contributed by atoms with Gasteiger partial charge in [0, 0.05) is 28.4 Å². The predicted octanol–water partition coefficient (Wildman–Crippen LogP) is 5.26. The number of benzene rings is 3. The van der Waals surface area contributed by atoms with E-state index in [1.54, 1.807) is 0 Å². The number of hydrogen-bond acceptors (Lipinski definition) is 3. The number of aliphatic hydroxyl groups is 1. The number of carbonyl (C=O) groups is 1. The molecule has 3 N–H and O–H groups in total. The number of hydrogen-bond donors (Lipinski definition) is 3.